The number of fused-ring (bicyclic) bond motifs is 1. The van der Waals surface area contributed by atoms with Crippen LogP contribution in [0.25, 0.3) is 11.3 Å². The van der Waals surface area contributed by atoms with E-state index in [4.69, 9.17) is 5.73 Å². The highest BCUT2D eigenvalue weighted by Crippen LogP contribution is 2.30. The molecule has 0 bridgehead atoms. The molecule has 2 N–H and O–H groups in total. The van der Waals surface area contributed by atoms with Crippen LogP contribution in [0, 0.1) is 0 Å². The van der Waals surface area contributed by atoms with Crippen LogP contribution in [0.3, 0.4) is 0 Å². The molecule has 1 aliphatic rings. The third-order valence-corrected chi connectivity index (χ3v) is 4.59. The second kappa shape index (κ2) is 8.82. The van der Waals surface area contributed by atoms with Gasteiger partial charge in [0, 0.05) is 37.2 Å². The molecule has 0 fully saturated rings. The predicted octanol–water partition coefficient (Wildman–Crippen LogP) is 3.76. The number of carbonyl (C=O) groups is 1. The fourth-order valence-corrected chi connectivity index (χ4v) is 3.16. The molecule has 3 aromatic heterocycles. The number of hydrogen-bond acceptors (Lipinski definition) is 4. The molecule has 0 aliphatic carbocycles. The van der Waals surface area contributed by atoms with Gasteiger partial charge in [0.25, 0.3) is 12.3 Å². The van der Waals surface area contributed by atoms with Gasteiger partial charge in [0.1, 0.15) is 11.4 Å². The highest BCUT2D eigenvalue weighted by Gasteiger charge is 2.32. The lowest BCUT2D eigenvalue weighted by Gasteiger charge is -2.11. The smallest absolute Gasteiger partial charge is 0.365 e. The molecule has 7 nitrogen and oxygen atoms in total. The van der Waals surface area contributed by atoms with E-state index in [-0.39, 0.29) is 5.56 Å². The number of aromatic nitrogens is 5. The molecular weight excluding hydrogens is 423 g/mol. The van der Waals surface area contributed by atoms with E-state index in [1.54, 1.807) is 6.07 Å². The fraction of sp³-hybridized carbons (Fsp3) is 0.368. The van der Waals surface area contributed by atoms with E-state index in [9.17, 15) is 26.7 Å². The van der Waals surface area contributed by atoms with Crippen LogP contribution in [0.15, 0.2) is 30.6 Å². The topological polar surface area (TPSA) is 91.6 Å². The van der Waals surface area contributed by atoms with Crippen LogP contribution in [0.4, 0.5) is 22.0 Å². The van der Waals surface area contributed by atoms with Gasteiger partial charge in [-0.05, 0) is 37.5 Å². The molecule has 0 spiro atoms. The van der Waals surface area contributed by atoms with E-state index in [0.29, 0.717) is 11.3 Å². The minimum atomic E-state index is -4.42. The third-order valence-electron chi connectivity index (χ3n) is 4.59. The molecule has 1 amide bonds. The molecule has 31 heavy (non-hydrogen) atoms. The number of alkyl halides is 5. The number of amides is 1. The van der Waals surface area contributed by atoms with E-state index in [1.807, 2.05) is 10.7 Å². The SMILES string of the molecule is Cn1cc(C(N)=O)c(C(F)F)n1.FC(F)(F)c1cc(-c2cc3n(n2)CCCC3)ccn1. The Balaban J connectivity index is 0.000000196. The first-order chi connectivity index (χ1) is 14.6. The van der Waals surface area contributed by atoms with E-state index in [0.717, 1.165) is 42.2 Å². The Kier molecular flexibility index (Phi) is 6.37. The molecule has 0 atom stereocenters. The summed E-state index contributed by atoms with van der Waals surface area (Å²) < 4.78 is 65.1. The lowest BCUT2D eigenvalue weighted by atomic mass is 10.1. The zero-order chi connectivity index (χ0) is 22.8. The van der Waals surface area contributed by atoms with Crippen molar-refractivity contribution in [3.8, 4) is 11.3 Å². The van der Waals surface area contributed by atoms with Crippen molar-refractivity contribution in [2.24, 2.45) is 12.8 Å². The Bertz CT molecular complexity index is 1050. The predicted molar refractivity (Wildman–Crippen MR) is 100 cm³/mol. The molecule has 0 unspecified atom stereocenters. The monoisotopic (exact) mass is 442 g/mol. The van der Waals surface area contributed by atoms with Gasteiger partial charge in [-0.25, -0.2) is 8.78 Å². The number of rotatable bonds is 3. The molecule has 0 radical (unpaired) electrons. The molecule has 166 valence electrons. The lowest BCUT2D eigenvalue weighted by Crippen LogP contribution is -2.12. The first-order valence-corrected chi connectivity index (χ1v) is 9.28. The van der Waals surface area contributed by atoms with Crippen molar-refractivity contribution in [2.45, 2.75) is 38.4 Å². The van der Waals surface area contributed by atoms with Crippen molar-refractivity contribution in [1.82, 2.24) is 24.5 Å². The number of primary amides is 1. The minimum absolute atomic E-state index is 0.229. The average molecular weight is 442 g/mol. The van der Waals surface area contributed by atoms with Gasteiger partial charge in [0.15, 0.2) is 0 Å². The van der Waals surface area contributed by atoms with Crippen LogP contribution >= 0.6 is 0 Å². The molecule has 12 heteroatoms. The van der Waals surface area contributed by atoms with Gasteiger partial charge in [-0.2, -0.15) is 23.4 Å². The second-order valence-electron chi connectivity index (χ2n) is 6.90. The van der Waals surface area contributed by atoms with Gasteiger partial charge in [0.05, 0.1) is 11.3 Å². The molecule has 3 aromatic rings. The summed E-state index contributed by atoms with van der Waals surface area (Å²) in [4.78, 5) is 13.9. The van der Waals surface area contributed by atoms with Crippen LogP contribution in [0.2, 0.25) is 0 Å². The van der Waals surface area contributed by atoms with Crippen LogP contribution < -0.4 is 5.73 Å². The maximum Gasteiger partial charge on any atom is 0.433 e. The summed E-state index contributed by atoms with van der Waals surface area (Å²) in [5.74, 6) is -0.890. The van der Waals surface area contributed by atoms with Crippen LogP contribution in [0.5, 0.6) is 0 Å². The van der Waals surface area contributed by atoms with E-state index < -0.39 is 29.9 Å². The number of nitrogens with zero attached hydrogens (tertiary/aromatic N) is 5. The van der Waals surface area contributed by atoms with E-state index in [2.05, 4.69) is 15.2 Å². The molecule has 0 saturated carbocycles. The summed E-state index contributed by atoms with van der Waals surface area (Å²) in [5, 5.41) is 7.76. The molecule has 1 aliphatic heterocycles. The fourth-order valence-electron chi connectivity index (χ4n) is 3.16. The summed E-state index contributed by atoms with van der Waals surface area (Å²) in [6.07, 6.45) is -1.73. The van der Waals surface area contributed by atoms with Crippen molar-refractivity contribution in [3.63, 3.8) is 0 Å². The standard InChI is InChI=1S/C13H12F3N3.C6H7F2N3O/c14-13(15,16)12-7-9(4-5-17-12)11-8-10-3-1-2-6-19(10)18-11;1-11-2-3(6(9)12)4(10-11)5(7)8/h4-5,7-8H,1-3,6H2;2,5H,1H3,(H2,9,12). The Labute approximate surface area is 173 Å². The van der Waals surface area contributed by atoms with Gasteiger partial charge >= 0.3 is 6.18 Å². The van der Waals surface area contributed by atoms with Gasteiger partial charge in [0.2, 0.25) is 0 Å². The summed E-state index contributed by atoms with van der Waals surface area (Å²) in [5.41, 5.74) is 5.31. The van der Waals surface area contributed by atoms with Crippen molar-refractivity contribution in [3.05, 3.63) is 53.2 Å². The summed E-state index contributed by atoms with van der Waals surface area (Å²) in [7, 11) is 1.44. The number of halogens is 5. The summed E-state index contributed by atoms with van der Waals surface area (Å²) in [6.45, 7) is 0.840. The van der Waals surface area contributed by atoms with E-state index in [1.165, 1.54) is 19.4 Å². The number of pyridine rings is 1. The highest BCUT2D eigenvalue weighted by molar-refractivity contribution is 5.93. The highest BCUT2D eigenvalue weighted by atomic mass is 19.4. The van der Waals surface area contributed by atoms with Gasteiger partial charge in [-0.1, -0.05) is 0 Å². The largest absolute Gasteiger partial charge is 0.433 e. The van der Waals surface area contributed by atoms with Crippen molar-refractivity contribution >= 4 is 5.91 Å². The van der Waals surface area contributed by atoms with Gasteiger partial charge in [-0.3, -0.25) is 19.1 Å². The first kappa shape index (κ1) is 22.4. The number of carbonyl (C=O) groups excluding carboxylic acids is 1. The molecule has 4 heterocycles. The molecule has 0 saturated heterocycles. The van der Waals surface area contributed by atoms with E-state index >= 15 is 0 Å². The zero-order valence-electron chi connectivity index (χ0n) is 16.4. The second-order valence-corrected chi connectivity index (χ2v) is 6.90. The van der Waals surface area contributed by atoms with Crippen LogP contribution in [0.1, 0.15) is 46.7 Å². The molecular formula is C19H19F5N6O. The average Bonchev–Trinajstić information content (AvgIpc) is 3.32. The maximum absolute atomic E-state index is 12.6. The molecule has 0 aromatic carbocycles. The first-order valence-electron chi connectivity index (χ1n) is 9.28. The zero-order valence-corrected chi connectivity index (χ0v) is 16.4. The van der Waals surface area contributed by atoms with Crippen LogP contribution in [-0.2, 0) is 26.2 Å². The maximum atomic E-state index is 12.6. The number of hydrogen-bond donors (Lipinski definition) is 1. The quantitative estimate of drug-likeness (QED) is 0.626. The Hall–Kier alpha value is -3.31. The minimum Gasteiger partial charge on any atom is -0.365 e. The lowest BCUT2D eigenvalue weighted by molar-refractivity contribution is -0.141. The van der Waals surface area contributed by atoms with Crippen molar-refractivity contribution < 1.29 is 26.7 Å². The summed E-state index contributed by atoms with van der Waals surface area (Å²) >= 11 is 0. The Morgan fingerprint density at radius 1 is 1.19 bits per heavy atom. The molecule has 4 rings (SSSR count). The Morgan fingerprint density at radius 3 is 2.52 bits per heavy atom. The Morgan fingerprint density at radius 2 is 1.94 bits per heavy atom. The van der Waals surface area contributed by atoms with Crippen LogP contribution in [-0.4, -0.2) is 30.5 Å². The number of nitrogens with two attached hydrogens (primary N) is 1. The number of aryl methyl sites for hydroxylation is 3. The van der Waals surface area contributed by atoms with Gasteiger partial charge in [-0.15, -0.1) is 0 Å². The van der Waals surface area contributed by atoms with Gasteiger partial charge < -0.3 is 5.73 Å². The third kappa shape index (κ3) is 5.25. The van der Waals surface area contributed by atoms with Crippen molar-refractivity contribution in [2.75, 3.05) is 0 Å². The summed E-state index contributed by atoms with van der Waals surface area (Å²) in [6, 6.07) is 4.48. The van der Waals surface area contributed by atoms with Crippen molar-refractivity contribution in [1.29, 1.82) is 0 Å². The normalized spacial score (nSPS) is 13.5.